The van der Waals surface area contributed by atoms with E-state index in [1.54, 1.807) is 18.2 Å². The number of pyridine rings is 1. The van der Waals surface area contributed by atoms with Gasteiger partial charge in [0.2, 0.25) is 0 Å². The van der Waals surface area contributed by atoms with Gasteiger partial charge in [-0.15, -0.1) is 5.10 Å². The summed E-state index contributed by atoms with van der Waals surface area (Å²) in [6, 6.07) is 9.40. The number of imide groups is 1. The van der Waals surface area contributed by atoms with Gasteiger partial charge in [-0.3, -0.25) is 9.59 Å². The molecule has 0 atom stereocenters. The molecule has 1 aliphatic heterocycles. The zero-order valence-electron chi connectivity index (χ0n) is 11.5. The molecule has 0 bridgehead atoms. The minimum atomic E-state index is -0.836. The molecule has 1 aliphatic rings. The third-order valence-electron chi connectivity index (χ3n) is 3.46. The summed E-state index contributed by atoms with van der Waals surface area (Å²) in [5, 5.41) is 7.94. The molecule has 3 aromatic rings. The largest absolute Gasteiger partial charge is 0.365 e. The van der Waals surface area contributed by atoms with E-state index >= 15 is 0 Å². The fourth-order valence-electron chi connectivity index (χ4n) is 2.33. The van der Waals surface area contributed by atoms with Crippen LogP contribution in [0.3, 0.4) is 0 Å². The van der Waals surface area contributed by atoms with E-state index in [2.05, 4.69) is 10.3 Å². The predicted octanol–water partition coefficient (Wildman–Crippen LogP) is 1.10. The number of nitrogens with zero attached hydrogens (tertiary/aromatic N) is 4. The van der Waals surface area contributed by atoms with Crippen molar-refractivity contribution in [3.63, 3.8) is 0 Å². The number of hydrogen-bond donors (Lipinski definition) is 0. The summed E-state index contributed by atoms with van der Waals surface area (Å²) in [5.41, 5.74) is 1.25. The van der Waals surface area contributed by atoms with Crippen molar-refractivity contribution in [1.82, 2.24) is 19.9 Å². The monoisotopic (exact) mass is 308 g/mol. The Balaban J connectivity index is 1.62. The molecule has 0 fully saturated rings. The number of amides is 2. The molecule has 1 aromatic carbocycles. The Labute approximate surface area is 128 Å². The second-order valence-electron chi connectivity index (χ2n) is 4.85. The van der Waals surface area contributed by atoms with Crippen LogP contribution in [0.25, 0.3) is 5.52 Å². The van der Waals surface area contributed by atoms with Crippen LogP contribution in [0.4, 0.5) is 0 Å². The van der Waals surface area contributed by atoms with Gasteiger partial charge >= 0.3 is 5.97 Å². The summed E-state index contributed by atoms with van der Waals surface area (Å²) in [6.07, 6.45) is 2.93. The van der Waals surface area contributed by atoms with E-state index in [0.29, 0.717) is 10.6 Å². The standard InChI is InChI=1S/C15H8N4O4/c20-13-11-3-1-2-4-12(11)14(21)19(13)23-15(22)9-5-6-10-7-16-17-18(10)8-9/h1-8H. The highest BCUT2D eigenvalue weighted by atomic mass is 16.7. The van der Waals surface area contributed by atoms with Crippen LogP contribution in [-0.2, 0) is 4.84 Å². The average Bonchev–Trinajstić information content (AvgIpc) is 3.13. The van der Waals surface area contributed by atoms with Gasteiger partial charge in [-0.25, -0.2) is 9.31 Å². The van der Waals surface area contributed by atoms with Crippen molar-refractivity contribution in [3.8, 4) is 0 Å². The second kappa shape index (κ2) is 4.73. The van der Waals surface area contributed by atoms with Gasteiger partial charge in [-0.2, -0.15) is 0 Å². The van der Waals surface area contributed by atoms with Crippen LogP contribution < -0.4 is 0 Å². The molecular weight excluding hydrogens is 300 g/mol. The van der Waals surface area contributed by atoms with Gasteiger partial charge in [-0.1, -0.05) is 22.4 Å². The van der Waals surface area contributed by atoms with Crippen LogP contribution in [-0.4, -0.2) is 37.7 Å². The lowest BCUT2D eigenvalue weighted by Gasteiger charge is -2.12. The molecule has 8 nitrogen and oxygen atoms in total. The van der Waals surface area contributed by atoms with Crippen LogP contribution in [0.2, 0.25) is 0 Å². The number of fused-ring (bicyclic) bond motifs is 2. The summed E-state index contributed by atoms with van der Waals surface area (Å²) in [4.78, 5) is 41.4. The topological polar surface area (TPSA) is 93.9 Å². The summed E-state index contributed by atoms with van der Waals surface area (Å²) in [5.74, 6) is -2.17. The zero-order chi connectivity index (χ0) is 16.0. The van der Waals surface area contributed by atoms with E-state index in [1.165, 1.54) is 35.1 Å². The minimum absolute atomic E-state index is 0.138. The average molecular weight is 308 g/mol. The van der Waals surface area contributed by atoms with Crippen molar-refractivity contribution >= 4 is 23.3 Å². The fourth-order valence-corrected chi connectivity index (χ4v) is 2.33. The number of hydroxylamine groups is 2. The molecule has 23 heavy (non-hydrogen) atoms. The molecule has 0 saturated heterocycles. The van der Waals surface area contributed by atoms with Gasteiger partial charge in [0, 0.05) is 6.20 Å². The maximum atomic E-state index is 12.2. The van der Waals surface area contributed by atoms with Crippen LogP contribution >= 0.6 is 0 Å². The summed E-state index contributed by atoms with van der Waals surface area (Å²) in [7, 11) is 0. The van der Waals surface area contributed by atoms with E-state index in [4.69, 9.17) is 4.84 Å². The first-order valence-corrected chi connectivity index (χ1v) is 6.65. The van der Waals surface area contributed by atoms with Gasteiger partial charge in [0.25, 0.3) is 11.8 Å². The summed E-state index contributed by atoms with van der Waals surface area (Å²) >= 11 is 0. The fraction of sp³-hybridized carbons (Fsp3) is 0. The van der Waals surface area contributed by atoms with E-state index in [-0.39, 0.29) is 16.7 Å². The zero-order valence-corrected chi connectivity index (χ0v) is 11.5. The predicted molar refractivity (Wildman–Crippen MR) is 75.3 cm³/mol. The molecule has 8 heteroatoms. The number of rotatable bonds is 2. The Morgan fingerprint density at radius 2 is 1.70 bits per heavy atom. The van der Waals surface area contributed by atoms with Gasteiger partial charge in [0.1, 0.15) is 0 Å². The molecule has 4 rings (SSSR count). The molecule has 112 valence electrons. The van der Waals surface area contributed by atoms with Crippen molar-refractivity contribution in [1.29, 1.82) is 0 Å². The highest BCUT2D eigenvalue weighted by Gasteiger charge is 2.38. The van der Waals surface area contributed by atoms with Crippen LogP contribution in [0.1, 0.15) is 31.1 Å². The van der Waals surface area contributed by atoms with E-state index in [9.17, 15) is 14.4 Å². The van der Waals surface area contributed by atoms with Crippen LogP contribution in [0, 0.1) is 0 Å². The lowest BCUT2D eigenvalue weighted by atomic mass is 10.1. The molecule has 0 radical (unpaired) electrons. The van der Waals surface area contributed by atoms with E-state index in [0.717, 1.165) is 0 Å². The minimum Gasteiger partial charge on any atom is -0.324 e. The maximum Gasteiger partial charge on any atom is 0.365 e. The van der Waals surface area contributed by atoms with Crippen LogP contribution in [0.15, 0.2) is 48.8 Å². The third-order valence-corrected chi connectivity index (χ3v) is 3.46. The van der Waals surface area contributed by atoms with E-state index < -0.39 is 17.8 Å². The maximum absolute atomic E-state index is 12.2. The van der Waals surface area contributed by atoms with Crippen molar-refractivity contribution in [2.75, 3.05) is 0 Å². The van der Waals surface area contributed by atoms with Crippen LogP contribution in [0.5, 0.6) is 0 Å². The van der Waals surface area contributed by atoms with Gasteiger partial charge < -0.3 is 4.84 Å². The Bertz CT molecular complexity index is 943. The Hall–Kier alpha value is -3.55. The first-order chi connectivity index (χ1) is 11.1. The first kappa shape index (κ1) is 13.1. The molecule has 2 aromatic heterocycles. The van der Waals surface area contributed by atoms with Gasteiger partial charge in [0.15, 0.2) is 0 Å². The smallest absolute Gasteiger partial charge is 0.324 e. The highest BCUT2D eigenvalue weighted by molar-refractivity contribution is 6.21. The lowest BCUT2D eigenvalue weighted by Crippen LogP contribution is -2.32. The number of carbonyl (C=O) groups excluding carboxylic acids is 3. The quantitative estimate of drug-likeness (QED) is 0.658. The Morgan fingerprint density at radius 3 is 2.39 bits per heavy atom. The number of carbonyl (C=O) groups is 3. The normalized spacial score (nSPS) is 13.5. The van der Waals surface area contributed by atoms with Gasteiger partial charge in [-0.05, 0) is 24.3 Å². The first-order valence-electron chi connectivity index (χ1n) is 6.65. The molecule has 0 N–H and O–H groups in total. The Kier molecular flexibility index (Phi) is 2.70. The molecule has 0 unspecified atom stereocenters. The highest BCUT2D eigenvalue weighted by Crippen LogP contribution is 2.23. The van der Waals surface area contributed by atoms with E-state index in [1.807, 2.05) is 0 Å². The molecule has 3 heterocycles. The number of hydrogen-bond acceptors (Lipinski definition) is 6. The van der Waals surface area contributed by atoms with Gasteiger partial charge in [0.05, 0.1) is 28.4 Å². The SMILES string of the molecule is O=C(ON1C(=O)c2ccccc2C1=O)c1ccc2cnnn2c1. The molecule has 2 amide bonds. The third kappa shape index (κ3) is 1.96. The molecular formula is C15H8N4O4. The second-order valence-corrected chi connectivity index (χ2v) is 4.85. The van der Waals surface area contributed by atoms with Crippen molar-refractivity contribution in [2.45, 2.75) is 0 Å². The summed E-state index contributed by atoms with van der Waals surface area (Å²) < 4.78 is 1.39. The number of aromatic nitrogens is 3. The van der Waals surface area contributed by atoms with Crippen molar-refractivity contribution in [2.24, 2.45) is 0 Å². The van der Waals surface area contributed by atoms with Crippen molar-refractivity contribution < 1.29 is 19.2 Å². The molecule has 0 spiro atoms. The molecule has 0 aliphatic carbocycles. The lowest BCUT2D eigenvalue weighted by molar-refractivity contribution is -0.0584. The number of benzene rings is 1. The molecule has 0 saturated carbocycles. The van der Waals surface area contributed by atoms with Crippen molar-refractivity contribution in [3.05, 3.63) is 65.5 Å². The summed E-state index contributed by atoms with van der Waals surface area (Å²) in [6.45, 7) is 0. The Morgan fingerprint density at radius 1 is 1.00 bits per heavy atom.